The van der Waals surface area contributed by atoms with Gasteiger partial charge in [-0.15, -0.1) is 11.3 Å². The van der Waals surface area contributed by atoms with Crippen LogP contribution in [0.5, 0.6) is 0 Å². The molecule has 2 heterocycles. The zero-order valence-electron chi connectivity index (χ0n) is 14.2. The van der Waals surface area contributed by atoms with Crippen molar-refractivity contribution in [2.24, 2.45) is 10.7 Å². The first kappa shape index (κ1) is 17.0. The fourth-order valence-corrected chi connectivity index (χ4v) is 3.78. The summed E-state index contributed by atoms with van der Waals surface area (Å²) in [6.45, 7) is 2.66. The van der Waals surface area contributed by atoms with Crippen LogP contribution in [0.15, 0.2) is 40.7 Å². The van der Waals surface area contributed by atoms with Gasteiger partial charge in [0.2, 0.25) is 0 Å². The van der Waals surface area contributed by atoms with Gasteiger partial charge in [0.1, 0.15) is 0 Å². The molecular weight excluding hydrogens is 316 g/mol. The smallest absolute Gasteiger partial charge is 0.191 e. The molecule has 128 valence electrons. The minimum atomic E-state index is 0.587. The second kappa shape index (κ2) is 8.83. The molecule has 1 saturated heterocycles. The molecule has 0 amide bonds. The molecule has 1 fully saturated rings. The van der Waals surface area contributed by atoms with E-state index in [1.807, 2.05) is 0 Å². The first-order valence-corrected chi connectivity index (χ1v) is 9.71. The number of nitrogens with zero attached hydrogens (tertiary/aromatic N) is 3. The summed E-state index contributed by atoms with van der Waals surface area (Å²) in [5.41, 5.74) is 8.55. The molecule has 0 unspecified atom stereocenters. The largest absolute Gasteiger partial charge is 0.370 e. The number of aliphatic imine (C=N–C) groups is 1. The van der Waals surface area contributed by atoms with Crippen molar-refractivity contribution in [3.63, 3.8) is 0 Å². The third-order valence-corrected chi connectivity index (χ3v) is 5.36. The molecule has 3 rings (SSSR count). The van der Waals surface area contributed by atoms with E-state index in [0.29, 0.717) is 12.5 Å². The Bertz CT molecular complexity index is 642. The molecule has 0 radical (unpaired) electrons. The lowest BCUT2D eigenvalue weighted by atomic mass is 10.1. The van der Waals surface area contributed by atoms with Gasteiger partial charge in [0.25, 0.3) is 0 Å². The van der Waals surface area contributed by atoms with Crippen LogP contribution in [0, 0.1) is 0 Å². The van der Waals surface area contributed by atoms with Crippen LogP contribution >= 0.6 is 11.3 Å². The summed E-state index contributed by atoms with van der Waals surface area (Å²) >= 11 is 1.72. The molecule has 0 bridgehead atoms. The van der Waals surface area contributed by atoms with E-state index >= 15 is 0 Å². The predicted molar refractivity (Wildman–Crippen MR) is 101 cm³/mol. The number of nitrogens with two attached hydrogens (primary N) is 1. The number of hydrogen-bond donors (Lipinski definition) is 1. The van der Waals surface area contributed by atoms with E-state index in [-0.39, 0.29) is 0 Å². The van der Waals surface area contributed by atoms with Crippen LogP contribution in [-0.2, 0) is 19.4 Å². The van der Waals surface area contributed by atoms with Crippen molar-refractivity contribution >= 4 is 17.3 Å². The van der Waals surface area contributed by atoms with Gasteiger partial charge >= 0.3 is 0 Å². The SMILES string of the molecule is NC(=NCc1csc(CCc2ccccc2)n1)N1CCCCCC1. The third kappa shape index (κ3) is 5.06. The van der Waals surface area contributed by atoms with E-state index < -0.39 is 0 Å². The highest BCUT2D eigenvalue weighted by molar-refractivity contribution is 7.09. The second-order valence-corrected chi connectivity index (χ2v) is 7.24. The van der Waals surface area contributed by atoms with Crippen molar-refractivity contribution in [2.45, 2.75) is 45.1 Å². The number of aromatic nitrogens is 1. The third-order valence-electron chi connectivity index (χ3n) is 4.40. The standard InChI is InChI=1S/C19H26N4S/c20-19(23-12-6-1-2-7-13-23)21-14-17-15-24-18(22-17)11-10-16-8-4-3-5-9-16/h3-5,8-9,15H,1-2,6-7,10-14H2,(H2,20,21). The minimum absolute atomic E-state index is 0.587. The van der Waals surface area contributed by atoms with Gasteiger partial charge in [-0.3, -0.25) is 0 Å². The lowest BCUT2D eigenvalue weighted by Gasteiger charge is -2.20. The van der Waals surface area contributed by atoms with Crippen LogP contribution < -0.4 is 5.73 Å². The second-order valence-electron chi connectivity index (χ2n) is 6.29. The Kier molecular flexibility index (Phi) is 6.24. The number of rotatable bonds is 5. The van der Waals surface area contributed by atoms with Crippen molar-refractivity contribution in [3.05, 3.63) is 52.0 Å². The Morgan fingerprint density at radius 3 is 2.58 bits per heavy atom. The maximum atomic E-state index is 6.16. The van der Waals surface area contributed by atoms with Gasteiger partial charge in [0.15, 0.2) is 5.96 Å². The van der Waals surface area contributed by atoms with E-state index in [2.05, 4.69) is 45.6 Å². The van der Waals surface area contributed by atoms with Crippen LogP contribution in [-0.4, -0.2) is 28.9 Å². The lowest BCUT2D eigenvalue weighted by Crippen LogP contribution is -2.38. The Balaban J connectivity index is 1.50. The van der Waals surface area contributed by atoms with Gasteiger partial charge in [0.05, 0.1) is 17.2 Å². The lowest BCUT2D eigenvalue weighted by molar-refractivity contribution is 0.428. The van der Waals surface area contributed by atoms with Gasteiger partial charge < -0.3 is 10.6 Å². The maximum Gasteiger partial charge on any atom is 0.191 e. The fourth-order valence-electron chi connectivity index (χ4n) is 2.99. The van der Waals surface area contributed by atoms with Crippen molar-refractivity contribution in [1.29, 1.82) is 0 Å². The van der Waals surface area contributed by atoms with E-state index in [9.17, 15) is 0 Å². The monoisotopic (exact) mass is 342 g/mol. The number of guanidine groups is 1. The molecular formula is C19H26N4S. The number of likely N-dealkylation sites (tertiary alicyclic amines) is 1. The van der Waals surface area contributed by atoms with Crippen molar-refractivity contribution < 1.29 is 0 Å². The minimum Gasteiger partial charge on any atom is -0.370 e. The van der Waals surface area contributed by atoms with E-state index in [0.717, 1.165) is 31.6 Å². The highest BCUT2D eigenvalue weighted by Crippen LogP contribution is 2.14. The van der Waals surface area contributed by atoms with Crippen LogP contribution in [0.25, 0.3) is 0 Å². The summed E-state index contributed by atoms with van der Waals surface area (Å²) in [7, 11) is 0. The molecule has 0 aliphatic carbocycles. The molecule has 1 aliphatic heterocycles. The highest BCUT2D eigenvalue weighted by atomic mass is 32.1. The Morgan fingerprint density at radius 1 is 1.08 bits per heavy atom. The average Bonchev–Trinajstić information content (AvgIpc) is 2.89. The van der Waals surface area contributed by atoms with Crippen molar-refractivity contribution in [3.8, 4) is 0 Å². The molecule has 1 aliphatic rings. The normalized spacial score (nSPS) is 16.2. The number of thiazole rings is 1. The number of hydrogen-bond acceptors (Lipinski definition) is 3. The predicted octanol–water partition coefficient (Wildman–Crippen LogP) is 3.62. The summed E-state index contributed by atoms with van der Waals surface area (Å²) < 4.78 is 0. The molecule has 0 spiro atoms. The maximum absolute atomic E-state index is 6.16. The van der Waals surface area contributed by atoms with E-state index in [1.54, 1.807) is 11.3 Å². The Labute approximate surface area is 148 Å². The number of benzene rings is 1. The van der Waals surface area contributed by atoms with Gasteiger partial charge in [-0.1, -0.05) is 43.2 Å². The first-order valence-electron chi connectivity index (χ1n) is 8.83. The number of aryl methyl sites for hydroxylation is 2. The molecule has 1 aromatic carbocycles. The zero-order valence-corrected chi connectivity index (χ0v) is 15.0. The molecule has 0 atom stereocenters. The first-order chi connectivity index (χ1) is 11.8. The summed E-state index contributed by atoms with van der Waals surface area (Å²) in [5.74, 6) is 0.677. The van der Waals surface area contributed by atoms with Crippen molar-refractivity contribution in [1.82, 2.24) is 9.88 Å². The summed E-state index contributed by atoms with van der Waals surface area (Å²) in [6, 6.07) is 10.6. The summed E-state index contributed by atoms with van der Waals surface area (Å²) in [4.78, 5) is 11.5. The Hall–Kier alpha value is -1.88. The van der Waals surface area contributed by atoms with E-state index in [4.69, 9.17) is 10.7 Å². The molecule has 1 aromatic heterocycles. The molecule has 5 heteroatoms. The van der Waals surface area contributed by atoms with E-state index in [1.165, 1.54) is 36.3 Å². The van der Waals surface area contributed by atoms with Crippen LogP contribution in [0.2, 0.25) is 0 Å². The van der Waals surface area contributed by atoms with Crippen LogP contribution in [0.3, 0.4) is 0 Å². The summed E-state index contributed by atoms with van der Waals surface area (Å²) in [6.07, 6.45) is 7.07. The van der Waals surface area contributed by atoms with Crippen LogP contribution in [0.4, 0.5) is 0 Å². The molecule has 2 aromatic rings. The topological polar surface area (TPSA) is 54.5 Å². The quantitative estimate of drug-likeness (QED) is 0.667. The van der Waals surface area contributed by atoms with Gasteiger partial charge in [-0.25, -0.2) is 9.98 Å². The highest BCUT2D eigenvalue weighted by Gasteiger charge is 2.11. The van der Waals surface area contributed by atoms with Crippen LogP contribution in [0.1, 0.15) is 41.9 Å². The molecule has 4 nitrogen and oxygen atoms in total. The van der Waals surface area contributed by atoms with Gasteiger partial charge in [0, 0.05) is 24.9 Å². The zero-order chi connectivity index (χ0) is 16.6. The van der Waals surface area contributed by atoms with Gasteiger partial charge in [-0.2, -0.15) is 0 Å². The summed E-state index contributed by atoms with van der Waals surface area (Å²) in [5, 5.41) is 3.29. The van der Waals surface area contributed by atoms with Gasteiger partial charge in [-0.05, 0) is 24.8 Å². The average molecular weight is 343 g/mol. The molecule has 2 N–H and O–H groups in total. The fraction of sp³-hybridized carbons (Fsp3) is 0.474. The van der Waals surface area contributed by atoms with Crippen molar-refractivity contribution in [2.75, 3.05) is 13.1 Å². The Morgan fingerprint density at radius 2 is 1.83 bits per heavy atom. The molecule has 24 heavy (non-hydrogen) atoms. The molecule has 0 saturated carbocycles.